The maximum Gasteiger partial charge on any atom is 0.410 e. The molecule has 0 aliphatic carbocycles. The van der Waals surface area contributed by atoms with Crippen molar-refractivity contribution in [2.45, 2.75) is 57.6 Å². The van der Waals surface area contributed by atoms with Gasteiger partial charge in [0, 0.05) is 19.5 Å². The Balaban J connectivity index is 2.11. The van der Waals surface area contributed by atoms with E-state index in [0.29, 0.717) is 26.0 Å². The molecule has 1 atom stereocenters. The van der Waals surface area contributed by atoms with Crippen molar-refractivity contribution in [3.63, 3.8) is 0 Å². The third-order valence-electron chi connectivity index (χ3n) is 3.73. The van der Waals surface area contributed by atoms with Gasteiger partial charge in [-0.1, -0.05) is 0 Å². The predicted molar refractivity (Wildman–Crippen MR) is 78.4 cm³/mol. The second-order valence-corrected chi connectivity index (χ2v) is 7.09. The van der Waals surface area contributed by atoms with Gasteiger partial charge < -0.3 is 19.3 Å². The van der Waals surface area contributed by atoms with E-state index in [0.717, 1.165) is 4.90 Å². The number of rotatable bonds is 1. The molecule has 23 heavy (non-hydrogen) atoms. The lowest BCUT2D eigenvalue weighted by molar-refractivity contribution is -0.0919. The molecule has 132 valence electrons. The van der Waals surface area contributed by atoms with Crippen LogP contribution in [-0.4, -0.2) is 65.8 Å². The summed E-state index contributed by atoms with van der Waals surface area (Å²) >= 11 is 0. The lowest BCUT2D eigenvalue weighted by Gasteiger charge is -2.41. The molecule has 0 spiro atoms. The molecule has 2 saturated heterocycles. The molecule has 2 heterocycles. The van der Waals surface area contributed by atoms with E-state index in [2.05, 4.69) is 0 Å². The van der Waals surface area contributed by atoms with E-state index in [-0.39, 0.29) is 6.54 Å². The van der Waals surface area contributed by atoms with Crippen LogP contribution in [0.25, 0.3) is 0 Å². The first-order valence-corrected chi connectivity index (χ1v) is 7.86. The summed E-state index contributed by atoms with van der Waals surface area (Å²) in [5, 5.41) is 0. The molecule has 0 saturated carbocycles. The molecule has 2 amide bonds. The maximum atomic E-state index is 14.1. The van der Waals surface area contributed by atoms with Crippen LogP contribution in [0.1, 0.15) is 40.0 Å². The number of likely N-dealkylation sites (tertiary alicyclic amines) is 1. The molecule has 2 aliphatic heterocycles. The fourth-order valence-electron chi connectivity index (χ4n) is 2.80. The minimum Gasteiger partial charge on any atom is -0.449 e. The number of halogens is 2. The first-order valence-electron chi connectivity index (χ1n) is 7.86. The number of amides is 2. The zero-order valence-electron chi connectivity index (χ0n) is 13.8. The van der Waals surface area contributed by atoms with E-state index in [4.69, 9.17) is 9.47 Å². The van der Waals surface area contributed by atoms with Gasteiger partial charge in [0.05, 0.1) is 19.2 Å². The monoisotopic (exact) mass is 334 g/mol. The average Bonchev–Trinajstić information content (AvgIpc) is 2.59. The minimum absolute atomic E-state index is 0.0274. The van der Waals surface area contributed by atoms with Crippen molar-refractivity contribution >= 4 is 12.2 Å². The molecule has 2 fully saturated rings. The van der Waals surface area contributed by atoms with Gasteiger partial charge in [-0.15, -0.1) is 0 Å². The summed E-state index contributed by atoms with van der Waals surface area (Å²) in [6.07, 6.45) is -0.442. The van der Waals surface area contributed by atoms with Gasteiger partial charge in [-0.2, -0.15) is 0 Å². The molecule has 6 nitrogen and oxygen atoms in total. The Morgan fingerprint density at radius 2 is 2.04 bits per heavy atom. The van der Waals surface area contributed by atoms with Crippen molar-refractivity contribution < 1.29 is 27.8 Å². The van der Waals surface area contributed by atoms with Gasteiger partial charge in [0.2, 0.25) is 0 Å². The van der Waals surface area contributed by atoms with Gasteiger partial charge in [-0.05, 0) is 33.6 Å². The quantitative estimate of drug-likeness (QED) is 0.740. The number of carbonyl (C=O) groups is 2. The van der Waals surface area contributed by atoms with Crippen molar-refractivity contribution in [2.24, 2.45) is 0 Å². The SMILES string of the molecule is CC(C)(C)OC(=O)N1C[C@H](N2CCCCOC2=O)CC(F)(F)C1. The molecule has 8 heteroatoms. The number of carbonyl (C=O) groups excluding carboxylic acids is 2. The van der Waals surface area contributed by atoms with Gasteiger partial charge in [-0.3, -0.25) is 0 Å². The summed E-state index contributed by atoms with van der Waals surface area (Å²) in [6, 6.07) is -0.767. The molecule has 0 N–H and O–H groups in total. The van der Waals surface area contributed by atoms with Crippen LogP contribution in [0.5, 0.6) is 0 Å². The molecule has 0 aromatic rings. The molecule has 0 aromatic heterocycles. The van der Waals surface area contributed by atoms with Crippen molar-refractivity contribution in [1.82, 2.24) is 9.80 Å². The number of nitrogens with zero attached hydrogens (tertiary/aromatic N) is 2. The van der Waals surface area contributed by atoms with Crippen molar-refractivity contribution in [3.8, 4) is 0 Å². The number of alkyl halides is 2. The molecule has 0 unspecified atom stereocenters. The second-order valence-electron chi connectivity index (χ2n) is 7.09. The van der Waals surface area contributed by atoms with Crippen LogP contribution in [0.4, 0.5) is 18.4 Å². The Labute approximate surface area is 134 Å². The van der Waals surface area contributed by atoms with E-state index in [1.54, 1.807) is 20.8 Å². The van der Waals surface area contributed by atoms with Crippen LogP contribution in [0.2, 0.25) is 0 Å². The van der Waals surface area contributed by atoms with E-state index in [1.807, 2.05) is 0 Å². The van der Waals surface area contributed by atoms with E-state index >= 15 is 0 Å². The summed E-state index contributed by atoms with van der Waals surface area (Å²) in [5.74, 6) is -3.06. The van der Waals surface area contributed by atoms with E-state index < -0.39 is 42.7 Å². The summed E-state index contributed by atoms with van der Waals surface area (Å²) in [7, 11) is 0. The first kappa shape index (κ1) is 17.7. The number of cyclic esters (lactones) is 1. The molecular weight excluding hydrogens is 310 g/mol. The highest BCUT2D eigenvalue weighted by atomic mass is 19.3. The zero-order chi connectivity index (χ0) is 17.3. The van der Waals surface area contributed by atoms with Crippen molar-refractivity contribution in [1.29, 1.82) is 0 Å². The summed E-state index contributed by atoms with van der Waals surface area (Å²) < 4.78 is 38.3. The van der Waals surface area contributed by atoms with Crippen LogP contribution < -0.4 is 0 Å². The van der Waals surface area contributed by atoms with Crippen molar-refractivity contribution in [3.05, 3.63) is 0 Å². The van der Waals surface area contributed by atoms with E-state index in [1.165, 1.54) is 4.90 Å². The average molecular weight is 334 g/mol. The number of piperidine rings is 1. The highest BCUT2D eigenvalue weighted by molar-refractivity contribution is 5.70. The molecule has 2 aliphatic rings. The highest BCUT2D eigenvalue weighted by Crippen LogP contribution is 2.31. The van der Waals surface area contributed by atoms with E-state index in [9.17, 15) is 18.4 Å². The fourth-order valence-corrected chi connectivity index (χ4v) is 2.80. The maximum absolute atomic E-state index is 14.1. The van der Waals surface area contributed by atoms with Gasteiger partial charge in [-0.25, -0.2) is 18.4 Å². The van der Waals surface area contributed by atoms with Gasteiger partial charge >= 0.3 is 12.2 Å². The van der Waals surface area contributed by atoms with Crippen molar-refractivity contribution in [2.75, 3.05) is 26.2 Å². The minimum atomic E-state index is -3.06. The van der Waals surface area contributed by atoms with Crippen LogP contribution in [0.15, 0.2) is 0 Å². The molecule has 2 rings (SSSR count). The summed E-state index contributed by atoms with van der Waals surface area (Å²) in [6.45, 7) is 5.03. The number of ether oxygens (including phenoxy) is 2. The summed E-state index contributed by atoms with van der Waals surface area (Å²) in [5.41, 5.74) is -0.763. The molecule has 0 bridgehead atoms. The van der Waals surface area contributed by atoms with Crippen LogP contribution in [-0.2, 0) is 9.47 Å². The Hall–Kier alpha value is -1.60. The Kier molecular flexibility index (Phi) is 5.01. The predicted octanol–water partition coefficient (Wildman–Crippen LogP) is 2.86. The molecule has 0 aromatic carbocycles. The molecule has 0 radical (unpaired) electrons. The van der Waals surface area contributed by atoms with Crippen LogP contribution in [0.3, 0.4) is 0 Å². The topological polar surface area (TPSA) is 59.1 Å². The largest absolute Gasteiger partial charge is 0.449 e. The van der Waals surface area contributed by atoms with Crippen LogP contribution in [0, 0.1) is 0 Å². The first-order chi connectivity index (χ1) is 10.6. The lowest BCUT2D eigenvalue weighted by atomic mass is 10.0. The van der Waals surface area contributed by atoms with Gasteiger partial charge in [0.25, 0.3) is 5.92 Å². The Bertz CT molecular complexity index is 465. The second kappa shape index (κ2) is 6.49. The molecular formula is C15H24F2N2O4. The highest BCUT2D eigenvalue weighted by Gasteiger charge is 2.46. The van der Waals surface area contributed by atoms with Gasteiger partial charge in [0.15, 0.2) is 0 Å². The smallest absolute Gasteiger partial charge is 0.410 e. The Morgan fingerprint density at radius 1 is 1.35 bits per heavy atom. The number of hydrogen-bond acceptors (Lipinski definition) is 4. The summed E-state index contributed by atoms with van der Waals surface area (Å²) in [4.78, 5) is 26.4. The fraction of sp³-hybridized carbons (Fsp3) is 0.867. The normalized spacial score (nSPS) is 25.6. The Morgan fingerprint density at radius 3 is 2.70 bits per heavy atom. The van der Waals surface area contributed by atoms with Crippen LogP contribution >= 0.6 is 0 Å². The lowest BCUT2D eigenvalue weighted by Crippen LogP contribution is -2.58. The zero-order valence-corrected chi connectivity index (χ0v) is 13.8. The third kappa shape index (κ3) is 4.94. The van der Waals surface area contributed by atoms with Gasteiger partial charge in [0.1, 0.15) is 5.60 Å². The standard InChI is InChI=1S/C15H24F2N2O4/c1-14(2,3)23-12(20)18-9-11(8-15(16,17)10-18)19-6-4-5-7-22-13(19)21/h11H,4-10H2,1-3H3/t11-/m1/s1. The number of hydrogen-bond donors (Lipinski definition) is 0. The third-order valence-corrected chi connectivity index (χ3v) is 3.73.